The number of ether oxygens (including phenoxy) is 1. The van der Waals surface area contributed by atoms with Gasteiger partial charge >= 0.3 is 58.2 Å². The first-order valence-corrected chi connectivity index (χ1v) is 9.49. The van der Waals surface area contributed by atoms with Gasteiger partial charge in [-0.1, -0.05) is 57.0 Å². The predicted molar refractivity (Wildman–Crippen MR) is 102 cm³/mol. The van der Waals surface area contributed by atoms with E-state index in [1.807, 2.05) is 44.2 Å². The van der Waals surface area contributed by atoms with Crippen LogP contribution in [0.1, 0.15) is 65.2 Å². The topological polar surface area (TPSA) is 57.5 Å². The van der Waals surface area contributed by atoms with E-state index in [0.717, 1.165) is 57.4 Å². The first-order valence-electron chi connectivity index (χ1n) is 9.49. The van der Waals surface area contributed by atoms with Gasteiger partial charge in [0.1, 0.15) is 5.78 Å². The minimum Gasteiger partial charge on any atom is -0.627 e. The van der Waals surface area contributed by atoms with Gasteiger partial charge in [0.15, 0.2) is 0 Å². The standard InChI is InChI=1S/C21H33NO3.Rb/c1-18(2)20(23)14-8-4-10-16-25-17-11-5-9-15-21(24)22-19-12-6-3-7-13-19;/h3,6-7,12-13,18H,4-5,8-11,14-17H2,1-2H3,(H,22,24);/q;+1/p-1. The van der Waals surface area contributed by atoms with Crippen LogP contribution in [0.25, 0.3) is 5.32 Å². The maximum absolute atomic E-state index is 11.7. The summed E-state index contributed by atoms with van der Waals surface area (Å²) in [6.45, 7) is 5.41. The molecule has 0 aliphatic heterocycles. The van der Waals surface area contributed by atoms with Crippen LogP contribution in [0.2, 0.25) is 0 Å². The Labute approximate surface area is 207 Å². The van der Waals surface area contributed by atoms with Gasteiger partial charge in [0.2, 0.25) is 0 Å². The van der Waals surface area contributed by atoms with Gasteiger partial charge in [-0.3, -0.25) is 4.79 Å². The molecule has 0 fully saturated rings. The molecule has 1 aromatic carbocycles. The Balaban J connectivity index is 0.00000625. The van der Waals surface area contributed by atoms with Gasteiger partial charge in [0.05, 0.1) is 5.91 Å². The zero-order chi connectivity index (χ0) is 18.3. The van der Waals surface area contributed by atoms with Crippen LogP contribution >= 0.6 is 0 Å². The molecule has 0 heterocycles. The Morgan fingerprint density at radius 2 is 1.46 bits per heavy atom. The summed E-state index contributed by atoms with van der Waals surface area (Å²) in [5, 5.41) is 4.06. The molecule has 0 radical (unpaired) electrons. The van der Waals surface area contributed by atoms with E-state index >= 15 is 0 Å². The second-order valence-corrected chi connectivity index (χ2v) is 6.70. The zero-order valence-corrected chi connectivity index (χ0v) is 21.6. The fraction of sp³-hybridized carbons (Fsp3) is 0.619. The molecule has 1 amide bonds. The molecular weight excluding hydrogens is 400 g/mol. The van der Waals surface area contributed by atoms with Crippen LogP contribution in [-0.4, -0.2) is 24.9 Å². The number of para-hydroxylation sites is 1. The van der Waals surface area contributed by atoms with E-state index in [2.05, 4.69) is 5.32 Å². The van der Waals surface area contributed by atoms with Crippen LogP contribution < -0.4 is 58.2 Å². The molecule has 0 unspecified atom stereocenters. The molecule has 0 aromatic heterocycles. The van der Waals surface area contributed by atoms with Crippen molar-refractivity contribution < 1.29 is 72.5 Å². The zero-order valence-electron chi connectivity index (χ0n) is 16.7. The Morgan fingerprint density at radius 3 is 2.04 bits per heavy atom. The number of unbranched alkanes of at least 4 members (excludes halogenated alkanes) is 4. The molecule has 0 aliphatic carbocycles. The summed E-state index contributed by atoms with van der Waals surface area (Å²) < 4.78 is 5.60. The van der Waals surface area contributed by atoms with Crippen LogP contribution in [0.5, 0.6) is 0 Å². The van der Waals surface area contributed by atoms with Crippen molar-refractivity contribution in [3.63, 3.8) is 0 Å². The average molecular weight is 432 g/mol. The Morgan fingerprint density at radius 1 is 0.885 bits per heavy atom. The smallest absolute Gasteiger partial charge is 0.627 e. The van der Waals surface area contributed by atoms with Crippen LogP contribution in [0, 0.1) is 5.92 Å². The second-order valence-electron chi connectivity index (χ2n) is 6.70. The van der Waals surface area contributed by atoms with E-state index in [1.165, 1.54) is 0 Å². The SMILES string of the molecule is CC(C)C(=O)CCCCCOCCCCCC(=O)[N-]c1ccccc1.[Rb+]. The van der Waals surface area contributed by atoms with E-state index in [-0.39, 0.29) is 70.0 Å². The third kappa shape index (κ3) is 14.2. The first-order chi connectivity index (χ1) is 12.1. The number of carbonyl (C=O) groups is 2. The van der Waals surface area contributed by atoms with Crippen LogP contribution in [-0.2, 0) is 14.3 Å². The van der Waals surface area contributed by atoms with Crippen LogP contribution in [0.3, 0.4) is 0 Å². The third-order valence-corrected chi connectivity index (χ3v) is 4.05. The largest absolute Gasteiger partial charge is 1.00 e. The summed E-state index contributed by atoms with van der Waals surface area (Å²) in [5.41, 5.74) is 0.728. The number of hydrogen-bond acceptors (Lipinski definition) is 3. The van der Waals surface area contributed by atoms with Crippen molar-refractivity contribution in [3.8, 4) is 0 Å². The van der Waals surface area contributed by atoms with Crippen molar-refractivity contribution in [2.45, 2.75) is 65.2 Å². The van der Waals surface area contributed by atoms with Crippen molar-refractivity contribution in [3.05, 3.63) is 35.6 Å². The molecule has 1 rings (SSSR count). The van der Waals surface area contributed by atoms with Crippen LogP contribution in [0.4, 0.5) is 5.69 Å². The number of hydrogen-bond donors (Lipinski definition) is 0. The van der Waals surface area contributed by atoms with Crippen molar-refractivity contribution in [1.82, 2.24) is 0 Å². The van der Waals surface area contributed by atoms with Crippen molar-refractivity contribution in [1.29, 1.82) is 0 Å². The summed E-state index contributed by atoms with van der Waals surface area (Å²) >= 11 is 0. The molecule has 26 heavy (non-hydrogen) atoms. The monoisotopic (exact) mass is 431 g/mol. The molecule has 4 nitrogen and oxygen atoms in total. The van der Waals surface area contributed by atoms with E-state index in [4.69, 9.17) is 4.74 Å². The number of amides is 1. The van der Waals surface area contributed by atoms with Crippen molar-refractivity contribution >= 4 is 17.4 Å². The first kappa shape index (κ1) is 26.1. The molecule has 140 valence electrons. The number of carbonyl (C=O) groups excluding carboxylic acids is 2. The fourth-order valence-electron chi connectivity index (χ4n) is 2.43. The summed E-state index contributed by atoms with van der Waals surface area (Å²) in [4.78, 5) is 23.2. The van der Waals surface area contributed by atoms with Crippen LogP contribution in [0.15, 0.2) is 30.3 Å². The number of Topliss-reactive ketones (excluding diaryl/α,β-unsaturated/α-hetero) is 1. The predicted octanol–water partition coefficient (Wildman–Crippen LogP) is 2.58. The van der Waals surface area contributed by atoms with Gasteiger partial charge in [-0.2, -0.15) is 0 Å². The Kier molecular flexibility index (Phi) is 17.3. The number of ketones is 1. The Bertz CT molecular complexity index is 491. The molecule has 0 bridgehead atoms. The maximum atomic E-state index is 11.7. The maximum Gasteiger partial charge on any atom is 1.00 e. The molecule has 0 aliphatic rings. The average Bonchev–Trinajstić information content (AvgIpc) is 2.60. The summed E-state index contributed by atoms with van der Waals surface area (Å²) in [5.74, 6) is 0.459. The molecule has 1 aromatic rings. The summed E-state index contributed by atoms with van der Waals surface area (Å²) in [7, 11) is 0. The van der Waals surface area contributed by atoms with E-state index in [1.54, 1.807) is 0 Å². The molecule has 5 heteroatoms. The minimum absolute atomic E-state index is 0. The summed E-state index contributed by atoms with van der Waals surface area (Å²) in [6.07, 6.45) is 7.04. The minimum atomic E-state index is -0.0527. The molecule has 0 saturated heterocycles. The molecule has 0 N–H and O–H groups in total. The molecule has 0 atom stereocenters. The molecular formula is C21H32NO3Rb. The number of nitrogens with zero attached hydrogens (tertiary/aromatic N) is 1. The van der Waals surface area contributed by atoms with E-state index < -0.39 is 0 Å². The van der Waals surface area contributed by atoms with Gasteiger partial charge in [0.25, 0.3) is 0 Å². The van der Waals surface area contributed by atoms with Crippen molar-refractivity contribution in [2.75, 3.05) is 13.2 Å². The molecule has 0 saturated carbocycles. The summed E-state index contributed by atoms with van der Waals surface area (Å²) in [6, 6.07) is 9.35. The number of rotatable bonds is 14. The van der Waals surface area contributed by atoms with Gasteiger partial charge in [0, 0.05) is 25.6 Å². The van der Waals surface area contributed by atoms with E-state index in [9.17, 15) is 9.59 Å². The number of benzene rings is 1. The van der Waals surface area contributed by atoms with Gasteiger partial charge < -0.3 is 14.8 Å². The van der Waals surface area contributed by atoms with Gasteiger partial charge in [-0.05, 0) is 32.1 Å². The normalized spacial score (nSPS) is 10.4. The van der Waals surface area contributed by atoms with Gasteiger partial charge in [-0.15, -0.1) is 5.69 Å². The quantitative estimate of drug-likeness (QED) is 0.425. The fourth-order valence-corrected chi connectivity index (χ4v) is 2.43. The van der Waals surface area contributed by atoms with E-state index in [0.29, 0.717) is 18.6 Å². The Hall–Kier alpha value is 0.125. The second kappa shape index (κ2) is 17.2. The van der Waals surface area contributed by atoms with Gasteiger partial charge in [-0.25, -0.2) is 0 Å². The van der Waals surface area contributed by atoms with Crippen molar-refractivity contribution in [2.24, 2.45) is 5.92 Å². The molecule has 0 spiro atoms. The third-order valence-electron chi connectivity index (χ3n) is 4.05.